The molecule has 1 unspecified atom stereocenters. The minimum atomic E-state index is -0.646. The van der Waals surface area contributed by atoms with Crippen molar-refractivity contribution in [3.05, 3.63) is 70.3 Å². The summed E-state index contributed by atoms with van der Waals surface area (Å²) in [6.07, 6.45) is 0.261. The zero-order valence-corrected chi connectivity index (χ0v) is 17.9. The molecule has 1 amide bonds. The number of amides is 1. The topological polar surface area (TPSA) is 55.4 Å². The maximum absolute atomic E-state index is 12.6. The van der Waals surface area contributed by atoms with Crippen molar-refractivity contribution in [1.29, 1.82) is 0 Å². The fraction of sp³-hybridized carbons (Fsp3) is 0.391. The van der Waals surface area contributed by atoms with Crippen molar-refractivity contribution in [2.45, 2.75) is 45.9 Å². The summed E-state index contributed by atoms with van der Waals surface area (Å²) in [6, 6.07) is 13.6. The lowest BCUT2D eigenvalue weighted by molar-refractivity contribution is -0.146. The highest BCUT2D eigenvalue weighted by molar-refractivity contribution is 7.98. The van der Waals surface area contributed by atoms with E-state index >= 15 is 0 Å². The Morgan fingerprint density at radius 1 is 1.07 bits per heavy atom. The number of hydrogen-bond donors (Lipinski definition) is 1. The van der Waals surface area contributed by atoms with E-state index in [1.54, 1.807) is 18.7 Å². The maximum atomic E-state index is 12.6. The molecule has 1 atom stereocenters. The van der Waals surface area contributed by atoms with Crippen LogP contribution in [0, 0.1) is 20.8 Å². The van der Waals surface area contributed by atoms with Gasteiger partial charge in [-0.15, -0.1) is 0 Å². The van der Waals surface area contributed by atoms with E-state index in [1.807, 2.05) is 51.1 Å². The molecule has 0 bridgehead atoms. The van der Waals surface area contributed by atoms with Crippen LogP contribution in [0.15, 0.2) is 42.5 Å². The molecule has 0 aliphatic heterocycles. The van der Waals surface area contributed by atoms with Crippen molar-refractivity contribution in [1.82, 2.24) is 5.32 Å². The van der Waals surface area contributed by atoms with Gasteiger partial charge in [-0.1, -0.05) is 48.0 Å². The number of carbonyl (C=O) groups excluding carboxylic acids is 2. The molecule has 0 spiro atoms. The average molecular weight is 400 g/mol. The van der Waals surface area contributed by atoms with Crippen LogP contribution in [0.25, 0.3) is 0 Å². The van der Waals surface area contributed by atoms with Crippen LogP contribution in [0.3, 0.4) is 0 Å². The lowest BCUT2D eigenvalue weighted by Gasteiger charge is -2.18. The van der Waals surface area contributed by atoms with Gasteiger partial charge < -0.3 is 10.1 Å². The summed E-state index contributed by atoms with van der Waals surface area (Å²) in [6.45, 7) is 8.14. The summed E-state index contributed by atoms with van der Waals surface area (Å²) in [5.41, 5.74) is 5.58. The van der Waals surface area contributed by atoms with Crippen LogP contribution >= 0.6 is 11.8 Å². The highest BCUT2D eigenvalue weighted by Gasteiger charge is 2.22. The van der Waals surface area contributed by atoms with Crippen LogP contribution in [-0.4, -0.2) is 30.3 Å². The Morgan fingerprint density at radius 2 is 1.71 bits per heavy atom. The van der Waals surface area contributed by atoms with Gasteiger partial charge in [0.05, 0.1) is 13.0 Å². The Kier molecular flexibility index (Phi) is 8.58. The Labute approximate surface area is 172 Å². The van der Waals surface area contributed by atoms with Gasteiger partial charge in [0.25, 0.3) is 0 Å². The first-order valence-electron chi connectivity index (χ1n) is 9.55. The largest absolute Gasteiger partial charge is 0.464 e. The first-order chi connectivity index (χ1) is 13.4. The van der Waals surface area contributed by atoms with Crippen molar-refractivity contribution < 1.29 is 14.3 Å². The molecule has 0 aliphatic rings. The van der Waals surface area contributed by atoms with Crippen LogP contribution in [-0.2, 0) is 26.5 Å². The van der Waals surface area contributed by atoms with Crippen LogP contribution < -0.4 is 5.32 Å². The van der Waals surface area contributed by atoms with Crippen LogP contribution in [0.4, 0.5) is 0 Å². The molecule has 0 saturated heterocycles. The summed E-state index contributed by atoms with van der Waals surface area (Å²) >= 11 is 1.61. The van der Waals surface area contributed by atoms with E-state index in [-0.39, 0.29) is 18.3 Å². The zero-order chi connectivity index (χ0) is 20.5. The molecule has 0 heterocycles. The second-order valence-corrected chi connectivity index (χ2v) is 7.96. The van der Waals surface area contributed by atoms with Gasteiger partial charge in [-0.3, -0.25) is 4.79 Å². The molecule has 0 radical (unpaired) electrons. The Morgan fingerprint density at radius 3 is 2.32 bits per heavy atom. The molecule has 1 N–H and O–H groups in total. The highest BCUT2D eigenvalue weighted by Crippen LogP contribution is 2.18. The van der Waals surface area contributed by atoms with Gasteiger partial charge in [-0.2, -0.15) is 11.8 Å². The molecule has 2 aromatic rings. The smallest absolute Gasteiger partial charge is 0.329 e. The predicted octanol–water partition coefficient (Wildman–Crippen LogP) is 4.14. The Hall–Kier alpha value is -2.27. The van der Waals surface area contributed by atoms with Gasteiger partial charge in [0.1, 0.15) is 6.04 Å². The van der Waals surface area contributed by atoms with Gasteiger partial charge in [0, 0.05) is 11.5 Å². The summed E-state index contributed by atoms with van der Waals surface area (Å²) in [7, 11) is 0. The van der Waals surface area contributed by atoms with E-state index in [0.29, 0.717) is 12.4 Å². The molecule has 0 fully saturated rings. The Bertz CT molecular complexity index is 782. The minimum absolute atomic E-state index is 0.159. The van der Waals surface area contributed by atoms with Crippen LogP contribution in [0.5, 0.6) is 0 Å². The van der Waals surface area contributed by atoms with Crippen molar-refractivity contribution in [3.8, 4) is 0 Å². The minimum Gasteiger partial charge on any atom is -0.464 e. The highest BCUT2D eigenvalue weighted by atomic mass is 32.2. The number of esters is 1. The number of hydrogen-bond acceptors (Lipinski definition) is 4. The van der Waals surface area contributed by atoms with Crippen molar-refractivity contribution >= 4 is 23.6 Å². The third kappa shape index (κ3) is 6.71. The van der Waals surface area contributed by atoms with E-state index < -0.39 is 6.04 Å². The van der Waals surface area contributed by atoms with Gasteiger partial charge in [-0.25, -0.2) is 4.79 Å². The molecule has 2 aromatic carbocycles. The molecule has 4 nitrogen and oxygen atoms in total. The molecule has 150 valence electrons. The number of carbonyl (C=O) groups is 2. The summed E-state index contributed by atoms with van der Waals surface area (Å²) in [5.74, 6) is 0.718. The SMILES string of the molecule is CCOC(=O)C(CSCc1ccccc1)NC(=O)Cc1c(C)cc(C)cc1C. The van der Waals surface area contributed by atoms with Crippen molar-refractivity contribution in [2.75, 3.05) is 12.4 Å². The van der Waals surface area contributed by atoms with E-state index in [1.165, 1.54) is 11.1 Å². The van der Waals surface area contributed by atoms with E-state index in [0.717, 1.165) is 22.4 Å². The average Bonchev–Trinajstić information content (AvgIpc) is 2.65. The third-order valence-corrected chi connectivity index (χ3v) is 5.59. The number of rotatable bonds is 9. The predicted molar refractivity (Wildman–Crippen MR) is 116 cm³/mol. The molecule has 28 heavy (non-hydrogen) atoms. The molecule has 0 aliphatic carbocycles. The number of aryl methyl sites for hydroxylation is 3. The van der Waals surface area contributed by atoms with Crippen LogP contribution in [0.2, 0.25) is 0 Å². The monoisotopic (exact) mass is 399 g/mol. The molecular formula is C23H29NO3S. The van der Waals surface area contributed by atoms with Gasteiger partial charge in [0.2, 0.25) is 5.91 Å². The summed E-state index contributed by atoms with van der Waals surface area (Å²) < 4.78 is 5.15. The number of thioether (sulfide) groups is 1. The van der Waals surface area contributed by atoms with Gasteiger partial charge in [0.15, 0.2) is 0 Å². The first kappa shape index (κ1) is 22.0. The van der Waals surface area contributed by atoms with Gasteiger partial charge in [-0.05, 0) is 49.9 Å². The van der Waals surface area contributed by atoms with Crippen molar-refractivity contribution in [2.24, 2.45) is 0 Å². The quantitative estimate of drug-likeness (QED) is 0.644. The molecule has 2 rings (SSSR count). The lowest BCUT2D eigenvalue weighted by atomic mass is 9.97. The summed E-state index contributed by atoms with van der Waals surface area (Å²) in [5, 5.41) is 2.87. The normalized spacial score (nSPS) is 11.7. The standard InChI is InChI=1S/C23H29NO3S/c1-5-27-23(26)21(15-28-14-19-9-7-6-8-10-19)24-22(25)13-20-17(3)11-16(2)12-18(20)4/h6-12,21H,5,13-15H2,1-4H3,(H,24,25). The fourth-order valence-corrected chi connectivity index (χ4v) is 4.18. The van der Waals surface area contributed by atoms with E-state index in [2.05, 4.69) is 17.4 Å². The first-order valence-corrected chi connectivity index (χ1v) is 10.7. The fourth-order valence-electron chi connectivity index (χ4n) is 3.18. The zero-order valence-electron chi connectivity index (χ0n) is 17.1. The van der Waals surface area contributed by atoms with E-state index in [9.17, 15) is 9.59 Å². The molecule has 0 saturated carbocycles. The Balaban J connectivity index is 1.99. The third-order valence-electron chi connectivity index (χ3n) is 4.48. The van der Waals surface area contributed by atoms with Gasteiger partial charge >= 0.3 is 5.97 Å². The molecule has 5 heteroatoms. The lowest BCUT2D eigenvalue weighted by Crippen LogP contribution is -2.44. The summed E-state index contributed by atoms with van der Waals surface area (Å²) in [4.78, 5) is 24.9. The second kappa shape index (κ2) is 10.9. The second-order valence-electron chi connectivity index (χ2n) is 6.93. The number of nitrogens with one attached hydrogen (secondary N) is 1. The maximum Gasteiger partial charge on any atom is 0.329 e. The van der Waals surface area contributed by atoms with Crippen LogP contribution in [0.1, 0.15) is 34.7 Å². The molecular weight excluding hydrogens is 370 g/mol. The molecule has 0 aromatic heterocycles. The van der Waals surface area contributed by atoms with E-state index in [4.69, 9.17) is 4.74 Å². The van der Waals surface area contributed by atoms with Crippen molar-refractivity contribution in [3.63, 3.8) is 0 Å². The number of ether oxygens (including phenoxy) is 1. The number of benzene rings is 2.